The number of hydrogen-bond acceptors (Lipinski definition) is 3. The highest BCUT2D eigenvalue weighted by molar-refractivity contribution is 7.94. The first-order valence-corrected chi connectivity index (χ1v) is 10.5. The first kappa shape index (κ1) is 16.4. The predicted molar refractivity (Wildman–Crippen MR) is 105 cm³/mol. The Kier molecular flexibility index (Phi) is 3.98. The molecule has 2 heterocycles. The number of aryl methyl sites for hydroxylation is 1. The second-order valence-electron chi connectivity index (χ2n) is 5.66. The maximum absolute atomic E-state index is 12.5. The molecule has 4 rings (SSSR count). The van der Waals surface area contributed by atoms with E-state index in [2.05, 4.69) is 28.3 Å². The van der Waals surface area contributed by atoms with Crippen molar-refractivity contribution in [1.82, 2.24) is 4.57 Å². The van der Waals surface area contributed by atoms with Crippen molar-refractivity contribution in [2.45, 2.75) is 17.7 Å². The van der Waals surface area contributed by atoms with Crippen LogP contribution in [0.5, 0.6) is 0 Å². The molecule has 0 amide bonds. The first-order chi connectivity index (χ1) is 12.0. The lowest BCUT2D eigenvalue weighted by Crippen LogP contribution is -2.11. The van der Waals surface area contributed by atoms with E-state index in [9.17, 15) is 8.42 Å². The van der Waals surface area contributed by atoms with Gasteiger partial charge in [-0.2, -0.15) is 0 Å². The number of thiophene rings is 1. The number of nitrogens with zero attached hydrogens (tertiary/aromatic N) is 1. The van der Waals surface area contributed by atoms with Gasteiger partial charge in [0, 0.05) is 34.0 Å². The van der Waals surface area contributed by atoms with E-state index in [0.717, 1.165) is 39.7 Å². The van der Waals surface area contributed by atoms with E-state index in [4.69, 9.17) is 11.6 Å². The van der Waals surface area contributed by atoms with Crippen LogP contribution in [0, 0.1) is 0 Å². The summed E-state index contributed by atoms with van der Waals surface area (Å²) in [6, 6.07) is 16.9. The fourth-order valence-corrected chi connectivity index (χ4v) is 5.64. The predicted octanol–water partition coefficient (Wildman–Crippen LogP) is 5.33. The highest BCUT2D eigenvalue weighted by atomic mass is 35.5. The molecule has 1 N–H and O–H groups in total. The third-order valence-corrected chi connectivity index (χ3v) is 7.26. The largest absolute Gasteiger partial charge is 0.341 e. The molecule has 4 nitrogen and oxygen atoms in total. The van der Waals surface area contributed by atoms with E-state index in [0.29, 0.717) is 10.0 Å². The second-order valence-corrected chi connectivity index (χ2v) is 9.28. The van der Waals surface area contributed by atoms with Crippen LogP contribution in [0.1, 0.15) is 6.92 Å². The Bertz CT molecular complexity index is 1190. The van der Waals surface area contributed by atoms with Crippen molar-refractivity contribution in [2.24, 2.45) is 0 Å². The summed E-state index contributed by atoms with van der Waals surface area (Å²) >= 11 is 6.89. The summed E-state index contributed by atoms with van der Waals surface area (Å²) in [4.78, 5) is 0. The van der Waals surface area contributed by atoms with Crippen molar-refractivity contribution in [3.63, 3.8) is 0 Å². The molecule has 0 radical (unpaired) electrons. The second kappa shape index (κ2) is 6.05. The number of para-hydroxylation sites is 1. The summed E-state index contributed by atoms with van der Waals surface area (Å²) < 4.78 is 30.5. The average Bonchev–Trinajstić information content (AvgIpc) is 3.16. The lowest BCUT2D eigenvalue weighted by Gasteiger charge is -2.07. The molecule has 25 heavy (non-hydrogen) atoms. The minimum Gasteiger partial charge on any atom is -0.341 e. The van der Waals surface area contributed by atoms with Crippen LogP contribution in [0.15, 0.2) is 58.8 Å². The number of rotatable bonds is 4. The highest BCUT2D eigenvalue weighted by Crippen LogP contribution is 2.32. The van der Waals surface area contributed by atoms with Crippen molar-refractivity contribution in [3.05, 3.63) is 58.9 Å². The maximum atomic E-state index is 12.5. The number of halogens is 1. The zero-order valence-electron chi connectivity index (χ0n) is 13.4. The van der Waals surface area contributed by atoms with E-state index < -0.39 is 10.0 Å². The Balaban J connectivity index is 1.83. The number of anilines is 1. The zero-order valence-corrected chi connectivity index (χ0v) is 15.8. The molecule has 0 fully saturated rings. The summed E-state index contributed by atoms with van der Waals surface area (Å²) in [5.74, 6) is 0. The van der Waals surface area contributed by atoms with E-state index in [-0.39, 0.29) is 4.21 Å². The van der Waals surface area contributed by atoms with Crippen molar-refractivity contribution in [3.8, 4) is 0 Å². The van der Waals surface area contributed by atoms with Crippen LogP contribution in [0.25, 0.3) is 21.8 Å². The van der Waals surface area contributed by atoms with Crippen LogP contribution >= 0.6 is 22.9 Å². The Morgan fingerprint density at radius 2 is 1.80 bits per heavy atom. The van der Waals surface area contributed by atoms with Gasteiger partial charge in [-0.05, 0) is 43.3 Å². The van der Waals surface area contributed by atoms with Gasteiger partial charge in [-0.3, -0.25) is 4.72 Å². The molecule has 2 aromatic heterocycles. The summed E-state index contributed by atoms with van der Waals surface area (Å²) in [5, 5.41) is 2.14. The fourth-order valence-electron chi connectivity index (χ4n) is 3.11. The number of sulfonamides is 1. The topological polar surface area (TPSA) is 51.1 Å². The quantitative estimate of drug-likeness (QED) is 0.512. The third-order valence-electron chi connectivity index (χ3n) is 4.15. The van der Waals surface area contributed by atoms with Gasteiger partial charge in [0.05, 0.1) is 4.34 Å². The van der Waals surface area contributed by atoms with Crippen molar-refractivity contribution >= 4 is 60.5 Å². The molecule has 0 spiro atoms. The first-order valence-electron chi connectivity index (χ1n) is 7.79. The van der Waals surface area contributed by atoms with E-state index in [1.54, 1.807) is 12.1 Å². The van der Waals surface area contributed by atoms with Crippen LogP contribution in [0.4, 0.5) is 5.69 Å². The molecule has 2 aromatic carbocycles. The molecule has 0 aliphatic rings. The van der Waals surface area contributed by atoms with Gasteiger partial charge in [0.15, 0.2) is 0 Å². The fraction of sp³-hybridized carbons (Fsp3) is 0.111. The summed E-state index contributed by atoms with van der Waals surface area (Å²) in [7, 11) is -3.64. The number of fused-ring (bicyclic) bond motifs is 3. The Hall–Kier alpha value is -2.02. The summed E-state index contributed by atoms with van der Waals surface area (Å²) in [6.45, 7) is 2.95. The Labute approximate surface area is 154 Å². The number of hydrogen-bond donors (Lipinski definition) is 1. The van der Waals surface area contributed by atoms with Gasteiger partial charge in [0.25, 0.3) is 10.0 Å². The number of nitrogens with one attached hydrogen (secondary N) is 1. The molecule has 0 saturated heterocycles. The molecule has 0 saturated carbocycles. The lowest BCUT2D eigenvalue weighted by molar-refractivity contribution is 0.603. The van der Waals surface area contributed by atoms with Gasteiger partial charge in [0.2, 0.25) is 0 Å². The smallest absolute Gasteiger partial charge is 0.271 e. The molecule has 0 unspecified atom stereocenters. The van der Waals surface area contributed by atoms with E-state index >= 15 is 0 Å². The van der Waals surface area contributed by atoms with Crippen LogP contribution in [0.2, 0.25) is 4.34 Å². The van der Waals surface area contributed by atoms with Gasteiger partial charge in [-0.15, -0.1) is 11.3 Å². The van der Waals surface area contributed by atoms with Crippen molar-refractivity contribution in [1.29, 1.82) is 0 Å². The molecular weight excluding hydrogens is 376 g/mol. The van der Waals surface area contributed by atoms with Gasteiger partial charge in [0.1, 0.15) is 4.21 Å². The normalized spacial score (nSPS) is 12.1. The summed E-state index contributed by atoms with van der Waals surface area (Å²) in [5.41, 5.74) is 2.77. The Morgan fingerprint density at radius 1 is 1.04 bits per heavy atom. The van der Waals surface area contributed by atoms with Gasteiger partial charge >= 0.3 is 0 Å². The maximum Gasteiger partial charge on any atom is 0.271 e. The van der Waals surface area contributed by atoms with Crippen molar-refractivity contribution < 1.29 is 8.42 Å². The van der Waals surface area contributed by atoms with E-state index in [1.165, 1.54) is 6.07 Å². The molecule has 0 atom stereocenters. The van der Waals surface area contributed by atoms with Crippen LogP contribution in [-0.4, -0.2) is 13.0 Å². The zero-order chi connectivity index (χ0) is 17.6. The highest BCUT2D eigenvalue weighted by Gasteiger charge is 2.18. The number of aromatic nitrogens is 1. The molecule has 128 valence electrons. The van der Waals surface area contributed by atoms with Gasteiger partial charge in [-0.1, -0.05) is 29.8 Å². The minimum atomic E-state index is -3.64. The average molecular weight is 391 g/mol. The molecule has 4 aromatic rings. The Morgan fingerprint density at radius 3 is 2.52 bits per heavy atom. The summed E-state index contributed by atoms with van der Waals surface area (Å²) in [6.07, 6.45) is 0. The van der Waals surface area contributed by atoms with Crippen molar-refractivity contribution in [2.75, 3.05) is 4.72 Å². The molecule has 0 aliphatic heterocycles. The number of benzene rings is 2. The standard InChI is InChI=1S/C18H15ClN2O2S2/c1-2-21-15-6-4-3-5-13(15)14-11-12(7-8-16(14)21)20-25(22,23)18-10-9-17(19)24-18/h3-11,20H,2H2,1H3. The molecular formula is C18H15ClN2O2S2. The van der Waals surface area contributed by atoms with E-state index in [1.807, 2.05) is 24.3 Å². The van der Waals surface area contributed by atoms with Crippen LogP contribution in [-0.2, 0) is 16.6 Å². The SMILES string of the molecule is CCn1c2ccccc2c2cc(NS(=O)(=O)c3ccc(Cl)s3)ccc21. The lowest BCUT2D eigenvalue weighted by atomic mass is 10.1. The monoisotopic (exact) mass is 390 g/mol. The van der Waals surface area contributed by atoms with Crippen LogP contribution < -0.4 is 4.72 Å². The molecule has 0 aliphatic carbocycles. The van der Waals surface area contributed by atoms with Crippen LogP contribution in [0.3, 0.4) is 0 Å². The molecule has 7 heteroatoms. The van der Waals surface area contributed by atoms with Gasteiger partial charge in [-0.25, -0.2) is 8.42 Å². The van der Waals surface area contributed by atoms with Gasteiger partial charge < -0.3 is 4.57 Å². The minimum absolute atomic E-state index is 0.202. The molecule has 0 bridgehead atoms. The third kappa shape index (κ3) is 2.80.